The molecule has 0 aromatic heterocycles. The number of halogens is 1. The third-order valence-electron chi connectivity index (χ3n) is 6.06. The number of nitrogens with one attached hydrogen (secondary N) is 1. The summed E-state index contributed by atoms with van der Waals surface area (Å²) < 4.78 is 19.2. The van der Waals surface area contributed by atoms with Crippen molar-refractivity contribution in [1.82, 2.24) is 0 Å². The van der Waals surface area contributed by atoms with Crippen molar-refractivity contribution in [2.75, 3.05) is 44.2 Å². The fourth-order valence-electron chi connectivity index (χ4n) is 4.96. The molecule has 0 bridgehead atoms. The molecule has 2 N–H and O–H groups in total. The molecule has 3 atom stereocenters. The van der Waals surface area contributed by atoms with E-state index >= 15 is 0 Å². The number of nitrogens with zero attached hydrogens (tertiary/aromatic N) is 1. The van der Waals surface area contributed by atoms with Gasteiger partial charge < -0.3 is 19.6 Å². The normalized spacial score (nSPS) is 27.5. The average molecular weight is 380 g/mol. The molecule has 1 saturated carbocycles. The van der Waals surface area contributed by atoms with Gasteiger partial charge in [0.15, 0.2) is 0 Å². The highest BCUT2D eigenvalue weighted by Gasteiger charge is 2.33. The first kappa shape index (κ1) is 20.6. The molecular formula is C22H36FN2O2+. The zero-order chi connectivity index (χ0) is 19.4. The molecule has 0 amide bonds. The highest BCUT2D eigenvalue weighted by Crippen LogP contribution is 2.39. The maximum atomic E-state index is 13.1. The van der Waals surface area contributed by atoms with Crippen LogP contribution in [0.25, 0.3) is 0 Å². The predicted molar refractivity (Wildman–Crippen MR) is 107 cm³/mol. The number of ether oxygens (including phenoxy) is 1. The summed E-state index contributed by atoms with van der Waals surface area (Å²) >= 11 is 0. The van der Waals surface area contributed by atoms with Gasteiger partial charge >= 0.3 is 0 Å². The summed E-state index contributed by atoms with van der Waals surface area (Å²) in [6, 6.07) is 6.72. The zero-order valence-corrected chi connectivity index (χ0v) is 17.1. The van der Waals surface area contributed by atoms with E-state index in [2.05, 4.69) is 25.7 Å². The summed E-state index contributed by atoms with van der Waals surface area (Å²) in [4.78, 5) is 3.71. The Labute approximate surface area is 163 Å². The van der Waals surface area contributed by atoms with Gasteiger partial charge in [0.25, 0.3) is 0 Å². The topological polar surface area (TPSA) is 37.1 Å². The molecule has 1 aliphatic heterocycles. The van der Waals surface area contributed by atoms with Crippen LogP contribution >= 0.6 is 0 Å². The van der Waals surface area contributed by atoms with Crippen molar-refractivity contribution in [3.63, 3.8) is 0 Å². The van der Waals surface area contributed by atoms with Crippen LogP contribution in [0.15, 0.2) is 24.3 Å². The van der Waals surface area contributed by atoms with Crippen LogP contribution in [-0.4, -0.2) is 56.6 Å². The van der Waals surface area contributed by atoms with E-state index in [1.165, 1.54) is 23.5 Å². The van der Waals surface area contributed by atoms with Crippen LogP contribution in [0.5, 0.6) is 0 Å². The summed E-state index contributed by atoms with van der Waals surface area (Å²) in [7, 11) is 0. The number of rotatable bonds is 6. The Morgan fingerprint density at radius 3 is 2.52 bits per heavy atom. The molecule has 1 aliphatic carbocycles. The summed E-state index contributed by atoms with van der Waals surface area (Å²) in [6.45, 7) is 12.0. The molecule has 1 aromatic carbocycles. The van der Waals surface area contributed by atoms with E-state index in [1.807, 2.05) is 12.1 Å². The van der Waals surface area contributed by atoms with Crippen molar-refractivity contribution >= 4 is 5.69 Å². The van der Waals surface area contributed by atoms with E-state index in [0.717, 1.165) is 51.3 Å². The predicted octanol–water partition coefficient (Wildman–Crippen LogP) is 2.12. The maximum Gasteiger partial charge on any atom is 0.126 e. The first-order valence-corrected chi connectivity index (χ1v) is 10.4. The third kappa shape index (κ3) is 6.16. The Morgan fingerprint density at radius 1 is 1.22 bits per heavy atom. The number of anilines is 1. The molecule has 4 nitrogen and oxygen atoms in total. The first-order valence-electron chi connectivity index (χ1n) is 10.4. The lowest BCUT2D eigenvalue weighted by Gasteiger charge is -2.39. The van der Waals surface area contributed by atoms with Crippen molar-refractivity contribution in [2.24, 2.45) is 11.3 Å². The Morgan fingerprint density at radius 2 is 1.89 bits per heavy atom. The third-order valence-corrected chi connectivity index (χ3v) is 6.06. The number of hydrogen-bond donors (Lipinski definition) is 2. The summed E-state index contributed by atoms with van der Waals surface area (Å²) in [5.41, 5.74) is 1.42. The van der Waals surface area contributed by atoms with Gasteiger partial charge in [-0.2, -0.15) is 0 Å². The average Bonchev–Trinajstić information content (AvgIpc) is 2.60. The van der Waals surface area contributed by atoms with E-state index in [0.29, 0.717) is 17.9 Å². The van der Waals surface area contributed by atoms with Gasteiger partial charge in [-0.05, 0) is 54.9 Å². The number of benzene rings is 1. The van der Waals surface area contributed by atoms with Crippen molar-refractivity contribution < 1.29 is 19.1 Å². The molecule has 3 rings (SSSR count). The maximum absolute atomic E-state index is 13.1. The Kier molecular flexibility index (Phi) is 6.77. The van der Waals surface area contributed by atoms with Gasteiger partial charge in [0, 0.05) is 5.69 Å². The molecule has 5 heteroatoms. The van der Waals surface area contributed by atoms with Crippen molar-refractivity contribution in [1.29, 1.82) is 0 Å². The lowest BCUT2D eigenvalue weighted by Crippen LogP contribution is -3.16. The second-order valence-corrected chi connectivity index (χ2v) is 9.44. The Balaban J connectivity index is 1.38. The van der Waals surface area contributed by atoms with Crippen molar-refractivity contribution in [2.45, 2.75) is 52.2 Å². The van der Waals surface area contributed by atoms with Gasteiger partial charge in [-0.25, -0.2) is 4.39 Å². The lowest BCUT2D eigenvalue weighted by molar-refractivity contribution is -0.903. The number of quaternary nitrogens is 1. The van der Waals surface area contributed by atoms with Crippen LogP contribution in [0.1, 0.15) is 40.0 Å². The molecule has 1 saturated heterocycles. The molecule has 1 heterocycles. The van der Waals surface area contributed by atoms with Crippen LogP contribution in [0.4, 0.5) is 10.1 Å². The minimum Gasteiger partial charge on any atom is -0.385 e. The van der Waals surface area contributed by atoms with Gasteiger partial charge in [-0.3, -0.25) is 0 Å². The Hall–Kier alpha value is -1.17. The van der Waals surface area contributed by atoms with Gasteiger partial charge in [0.05, 0.1) is 38.9 Å². The number of hydrogen-bond acceptors (Lipinski definition) is 3. The molecule has 152 valence electrons. The molecule has 0 radical (unpaired) electrons. The number of aliphatic hydroxyl groups excluding tert-OH is 1. The van der Waals surface area contributed by atoms with Gasteiger partial charge in [0.2, 0.25) is 0 Å². The van der Waals surface area contributed by atoms with Crippen LogP contribution in [0.2, 0.25) is 0 Å². The van der Waals surface area contributed by atoms with Crippen LogP contribution in [0.3, 0.4) is 0 Å². The molecule has 27 heavy (non-hydrogen) atoms. The van der Waals surface area contributed by atoms with Gasteiger partial charge in [-0.1, -0.05) is 20.8 Å². The van der Waals surface area contributed by atoms with Crippen molar-refractivity contribution in [3.05, 3.63) is 30.1 Å². The van der Waals surface area contributed by atoms with E-state index < -0.39 is 6.10 Å². The standard InChI is InChI=1S/C22H35FN2O2/c1-17-12-21(14-22(2,3)13-17)27-16-20(26)15-24-8-10-25(11-9-24)19-6-4-18(23)5-7-19/h4-7,17,20-21,26H,8-16H2,1-3H3/p+1/t17-,20-,21+/m1/s1. The number of aliphatic hydroxyl groups is 1. The molecule has 1 aromatic rings. The fraction of sp³-hybridized carbons (Fsp3) is 0.727. The second kappa shape index (κ2) is 8.89. The molecular weight excluding hydrogens is 343 g/mol. The molecule has 0 spiro atoms. The lowest BCUT2D eigenvalue weighted by atomic mass is 9.71. The van der Waals surface area contributed by atoms with E-state index in [-0.39, 0.29) is 11.9 Å². The van der Waals surface area contributed by atoms with Crippen molar-refractivity contribution in [3.8, 4) is 0 Å². The monoisotopic (exact) mass is 379 g/mol. The Bertz CT molecular complexity index is 584. The van der Waals surface area contributed by atoms with Gasteiger partial charge in [0.1, 0.15) is 18.5 Å². The minimum atomic E-state index is -0.405. The molecule has 0 unspecified atom stereocenters. The SMILES string of the molecule is C[C@@H]1C[C@H](OC[C@H](O)C[NH+]2CCN(c3ccc(F)cc3)CC2)CC(C)(C)C1. The highest BCUT2D eigenvalue weighted by atomic mass is 19.1. The van der Waals surface area contributed by atoms with Crippen LogP contribution < -0.4 is 9.80 Å². The second-order valence-electron chi connectivity index (χ2n) is 9.44. The summed E-state index contributed by atoms with van der Waals surface area (Å²) in [5, 5.41) is 10.4. The first-order chi connectivity index (χ1) is 12.8. The van der Waals surface area contributed by atoms with E-state index in [4.69, 9.17) is 4.74 Å². The van der Waals surface area contributed by atoms with Crippen LogP contribution in [0, 0.1) is 17.2 Å². The van der Waals surface area contributed by atoms with Crippen LogP contribution in [-0.2, 0) is 4.74 Å². The number of piperazine rings is 1. The zero-order valence-electron chi connectivity index (χ0n) is 17.1. The highest BCUT2D eigenvalue weighted by molar-refractivity contribution is 5.46. The van der Waals surface area contributed by atoms with Gasteiger partial charge in [-0.15, -0.1) is 0 Å². The van der Waals surface area contributed by atoms with E-state index in [1.54, 1.807) is 0 Å². The molecule has 2 aliphatic rings. The fourth-order valence-corrected chi connectivity index (χ4v) is 4.96. The minimum absolute atomic E-state index is 0.193. The molecule has 2 fully saturated rings. The smallest absolute Gasteiger partial charge is 0.126 e. The largest absolute Gasteiger partial charge is 0.385 e. The van der Waals surface area contributed by atoms with E-state index in [9.17, 15) is 9.50 Å². The summed E-state index contributed by atoms with van der Waals surface area (Å²) in [5.74, 6) is 0.503. The quantitative estimate of drug-likeness (QED) is 0.795. The summed E-state index contributed by atoms with van der Waals surface area (Å²) in [6.07, 6.45) is 3.34.